The zero-order valence-corrected chi connectivity index (χ0v) is 11.9. The number of primary amides is 1. The SMILES string of the molecule is CCn1nc(C)c(Br)c1CNCCCC(N)=O. The average molecular weight is 303 g/mol. The minimum Gasteiger partial charge on any atom is -0.370 e. The average Bonchev–Trinajstić information content (AvgIpc) is 2.55. The third-order valence-corrected chi connectivity index (χ3v) is 3.55. The van der Waals surface area contributed by atoms with Crippen LogP contribution in [0.1, 0.15) is 31.2 Å². The number of amides is 1. The summed E-state index contributed by atoms with van der Waals surface area (Å²) in [5, 5.41) is 7.70. The summed E-state index contributed by atoms with van der Waals surface area (Å²) < 4.78 is 3.03. The van der Waals surface area contributed by atoms with Crippen molar-refractivity contribution in [2.45, 2.75) is 39.8 Å². The van der Waals surface area contributed by atoms with Crippen LogP contribution in [0.25, 0.3) is 0 Å². The number of rotatable bonds is 7. The van der Waals surface area contributed by atoms with E-state index in [-0.39, 0.29) is 5.91 Å². The van der Waals surface area contributed by atoms with Crippen LogP contribution in [-0.4, -0.2) is 22.2 Å². The third kappa shape index (κ3) is 4.12. The van der Waals surface area contributed by atoms with Crippen LogP contribution in [0.5, 0.6) is 0 Å². The van der Waals surface area contributed by atoms with Gasteiger partial charge >= 0.3 is 0 Å². The Balaban J connectivity index is 2.43. The minimum absolute atomic E-state index is 0.248. The van der Waals surface area contributed by atoms with E-state index < -0.39 is 0 Å². The van der Waals surface area contributed by atoms with Gasteiger partial charge in [0.25, 0.3) is 0 Å². The molecule has 0 spiro atoms. The first-order chi connectivity index (χ1) is 8.06. The third-order valence-electron chi connectivity index (χ3n) is 2.52. The lowest BCUT2D eigenvalue weighted by atomic mass is 10.3. The summed E-state index contributed by atoms with van der Waals surface area (Å²) in [6.45, 7) is 6.42. The quantitative estimate of drug-likeness (QED) is 0.746. The Hall–Kier alpha value is -0.880. The van der Waals surface area contributed by atoms with Crippen molar-refractivity contribution in [3.63, 3.8) is 0 Å². The lowest BCUT2D eigenvalue weighted by Gasteiger charge is -2.07. The van der Waals surface area contributed by atoms with Crippen molar-refractivity contribution in [2.75, 3.05) is 6.54 Å². The van der Waals surface area contributed by atoms with Crippen LogP contribution in [0.2, 0.25) is 0 Å². The molecule has 1 amide bonds. The first-order valence-electron chi connectivity index (χ1n) is 5.77. The van der Waals surface area contributed by atoms with Crippen molar-refractivity contribution >= 4 is 21.8 Å². The standard InChI is InChI=1S/C11H19BrN4O/c1-3-16-9(11(12)8(2)15-16)7-14-6-4-5-10(13)17/h14H,3-7H2,1-2H3,(H2,13,17). The molecule has 1 rings (SSSR count). The maximum absolute atomic E-state index is 10.6. The number of hydrogen-bond donors (Lipinski definition) is 2. The highest BCUT2D eigenvalue weighted by molar-refractivity contribution is 9.10. The van der Waals surface area contributed by atoms with Gasteiger partial charge in [-0.15, -0.1) is 0 Å². The van der Waals surface area contributed by atoms with Crippen molar-refractivity contribution in [1.29, 1.82) is 0 Å². The van der Waals surface area contributed by atoms with Gasteiger partial charge in [-0.25, -0.2) is 0 Å². The van der Waals surface area contributed by atoms with Crippen LogP contribution in [0.3, 0.4) is 0 Å². The number of aromatic nitrogens is 2. The fourth-order valence-corrected chi connectivity index (χ4v) is 2.06. The summed E-state index contributed by atoms with van der Waals surface area (Å²) in [6.07, 6.45) is 1.20. The van der Waals surface area contributed by atoms with Gasteiger partial charge in [0.15, 0.2) is 0 Å². The molecule has 0 aliphatic rings. The number of carbonyl (C=O) groups excluding carboxylic acids is 1. The lowest BCUT2D eigenvalue weighted by molar-refractivity contribution is -0.118. The second-order valence-corrected chi connectivity index (χ2v) is 4.70. The number of carbonyl (C=O) groups is 1. The number of nitrogens with zero attached hydrogens (tertiary/aromatic N) is 2. The highest BCUT2D eigenvalue weighted by Crippen LogP contribution is 2.20. The fourth-order valence-electron chi connectivity index (χ4n) is 1.63. The van der Waals surface area contributed by atoms with Gasteiger partial charge in [0.05, 0.1) is 15.9 Å². The van der Waals surface area contributed by atoms with E-state index in [0.717, 1.165) is 41.9 Å². The molecule has 6 heteroatoms. The number of hydrogen-bond acceptors (Lipinski definition) is 3. The molecule has 5 nitrogen and oxygen atoms in total. The van der Waals surface area contributed by atoms with Gasteiger partial charge in [0, 0.05) is 19.5 Å². The molecular weight excluding hydrogens is 284 g/mol. The van der Waals surface area contributed by atoms with Crippen LogP contribution >= 0.6 is 15.9 Å². The molecule has 0 aliphatic carbocycles. The smallest absolute Gasteiger partial charge is 0.217 e. The van der Waals surface area contributed by atoms with Gasteiger partial charge in [-0.3, -0.25) is 9.48 Å². The second kappa shape index (κ2) is 6.76. The maximum atomic E-state index is 10.6. The van der Waals surface area contributed by atoms with Gasteiger partial charge in [0.1, 0.15) is 0 Å². The molecule has 3 N–H and O–H groups in total. The van der Waals surface area contributed by atoms with E-state index in [1.165, 1.54) is 0 Å². The highest BCUT2D eigenvalue weighted by atomic mass is 79.9. The minimum atomic E-state index is -0.248. The molecule has 17 heavy (non-hydrogen) atoms. The van der Waals surface area contributed by atoms with E-state index >= 15 is 0 Å². The Morgan fingerprint density at radius 2 is 2.29 bits per heavy atom. The Kier molecular flexibility index (Phi) is 5.64. The van der Waals surface area contributed by atoms with E-state index in [0.29, 0.717) is 6.42 Å². The molecule has 1 aromatic rings. The molecule has 0 aliphatic heterocycles. The molecule has 0 saturated heterocycles. The number of halogens is 1. The van der Waals surface area contributed by atoms with Crippen LogP contribution < -0.4 is 11.1 Å². The van der Waals surface area contributed by atoms with Gasteiger partial charge in [0.2, 0.25) is 5.91 Å². The molecule has 0 saturated carbocycles. The molecule has 0 radical (unpaired) electrons. The molecule has 1 aromatic heterocycles. The molecule has 96 valence electrons. The second-order valence-electron chi connectivity index (χ2n) is 3.91. The summed E-state index contributed by atoms with van der Waals surface area (Å²) in [5.41, 5.74) is 7.21. The van der Waals surface area contributed by atoms with Crippen molar-refractivity contribution in [2.24, 2.45) is 5.73 Å². The van der Waals surface area contributed by atoms with Crippen molar-refractivity contribution < 1.29 is 4.79 Å². The molecule has 0 aromatic carbocycles. The largest absolute Gasteiger partial charge is 0.370 e. The zero-order chi connectivity index (χ0) is 12.8. The van der Waals surface area contributed by atoms with E-state index in [1.54, 1.807) is 0 Å². The normalized spacial score (nSPS) is 10.8. The maximum Gasteiger partial charge on any atom is 0.217 e. The summed E-state index contributed by atoms with van der Waals surface area (Å²) in [6, 6.07) is 0. The first-order valence-corrected chi connectivity index (χ1v) is 6.56. The number of nitrogens with two attached hydrogens (primary N) is 1. The zero-order valence-electron chi connectivity index (χ0n) is 10.3. The molecular formula is C11H19BrN4O. The Morgan fingerprint density at radius 3 is 2.88 bits per heavy atom. The van der Waals surface area contributed by atoms with E-state index in [1.807, 2.05) is 11.6 Å². The first kappa shape index (κ1) is 14.2. The van der Waals surface area contributed by atoms with Gasteiger partial charge in [-0.05, 0) is 42.7 Å². The van der Waals surface area contributed by atoms with Gasteiger partial charge < -0.3 is 11.1 Å². The fraction of sp³-hybridized carbons (Fsp3) is 0.636. The van der Waals surface area contributed by atoms with E-state index in [9.17, 15) is 4.79 Å². The highest BCUT2D eigenvalue weighted by Gasteiger charge is 2.10. The van der Waals surface area contributed by atoms with E-state index in [4.69, 9.17) is 5.73 Å². The van der Waals surface area contributed by atoms with Crippen LogP contribution in [-0.2, 0) is 17.9 Å². The number of nitrogens with one attached hydrogen (secondary N) is 1. The Morgan fingerprint density at radius 1 is 1.59 bits per heavy atom. The van der Waals surface area contributed by atoms with Crippen LogP contribution in [0, 0.1) is 6.92 Å². The molecule has 0 bridgehead atoms. The molecule has 0 unspecified atom stereocenters. The molecule has 1 heterocycles. The van der Waals surface area contributed by atoms with E-state index in [2.05, 4.69) is 33.3 Å². The molecule has 0 atom stereocenters. The van der Waals surface area contributed by atoms with Crippen LogP contribution in [0.15, 0.2) is 4.47 Å². The monoisotopic (exact) mass is 302 g/mol. The Bertz CT molecular complexity index is 389. The summed E-state index contributed by atoms with van der Waals surface area (Å²) in [7, 11) is 0. The predicted molar refractivity (Wildman–Crippen MR) is 70.5 cm³/mol. The van der Waals surface area contributed by atoms with Crippen molar-refractivity contribution in [3.8, 4) is 0 Å². The van der Waals surface area contributed by atoms with Crippen molar-refractivity contribution in [3.05, 3.63) is 15.9 Å². The molecule has 0 fully saturated rings. The van der Waals surface area contributed by atoms with Crippen molar-refractivity contribution in [1.82, 2.24) is 15.1 Å². The summed E-state index contributed by atoms with van der Waals surface area (Å²) in [5.74, 6) is -0.248. The predicted octanol–water partition coefficient (Wildman–Crippen LogP) is 1.33. The summed E-state index contributed by atoms with van der Waals surface area (Å²) >= 11 is 3.54. The Labute approximate surface area is 110 Å². The topological polar surface area (TPSA) is 72.9 Å². The lowest BCUT2D eigenvalue weighted by Crippen LogP contribution is -2.20. The van der Waals surface area contributed by atoms with Gasteiger partial charge in [-0.1, -0.05) is 0 Å². The number of aryl methyl sites for hydroxylation is 2. The van der Waals surface area contributed by atoms with Gasteiger partial charge in [-0.2, -0.15) is 5.10 Å². The van der Waals surface area contributed by atoms with Crippen LogP contribution in [0.4, 0.5) is 0 Å². The summed E-state index contributed by atoms with van der Waals surface area (Å²) in [4.78, 5) is 10.6.